The van der Waals surface area contributed by atoms with Gasteiger partial charge in [-0.25, -0.2) is 0 Å². The van der Waals surface area contributed by atoms with E-state index in [1.807, 2.05) is 26.4 Å². The first-order chi connectivity index (χ1) is 7.29. The van der Waals surface area contributed by atoms with Gasteiger partial charge in [-0.05, 0) is 32.7 Å². The van der Waals surface area contributed by atoms with Crippen molar-refractivity contribution in [1.29, 1.82) is 0 Å². The molecular formula is C12H19N3. The van der Waals surface area contributed by atoms with Gasteiger partial charge in [-0.1, -0.05) is 12.8 Å². The molecule has 1 aliphatic rings. The molecule has 0 amide bonds. The second-order valence-electron chi connectivity index (χ2n) is 4.44. The highest BCUT2D eigenvalue weighted by atomic mass is 14.9. The molecule has 0 bridgehead atoms. The average molecular weight is 205 g/mol. The van der Waals surface area contributed by atoms with Crippen molar-refractivity contribution < 1.29 is 0 Å². The summed E-state index contributed by atoms with van der Waals surface area (Å²) in [6.07, 6.45) is 9.09. The number of nitrogens with one attached hydrogen (secondary N) is 1. The Balaban J connectivity index is 1.94. The molecule has 1 N–H and O–H groups in total. The monoisotopic (exact) mass is 205 g/mol. The Labute approximate surface area is 91.3 Å². The van der Waals surface area contributed by atoms with Gasteiger partial charge in [0.2, 0.25) is 0 Å². The van der Waals surface area contributed by atoms with Crippen molar-refractivity contribution in [3.63, 3.8) is 0 Å². The van der Waals surface area contributed by atoms with E-state index in [2.05, 4.69) is 15.3 Å². The molecule has 3 heteroatoms. The lowest BCUT2D eigenvalue weighted by molar-refractivity contribution is 0.494. The molecule has 3 nitrogen and oxygen atoms in total. The van der Waals surface area contributed by atoms with Crippen LogP contribution in [0.5, 0.6) is 0 Å². The van der Waals surface area contributed by atoms with Crippen LogP contribution in [0.1, 0.15) is 43.1 Å². The molecule has 1 atom stereocenters. The predicted octanol–water partition coefficient (Wildman–Crippen LogP) is 2.24. The van der Waals surface area contributed by atoms with Crippen LogP contribution < -0.4 is 5.32 Å². The molecule has 1 aromatic heterocycles. The topological polar surface area (TPSA) is 37.8 Å². The van der Waals surface area contributed by atoms with E-state index in [0.717, 1.165) is 17.3 Å². The fourth-order valence-corrected chi connectivity index (χ4v) is 1.83. The lowest BCUT2D eigenvalue weighted by atomic mass is 10.1. The fraction of sp³-hybridized carbons (Fsp3) is 0.667. The van der Waals surface area contributed by atoms with Gasteiger partial charge < -0.3 is 5.32 Å². The second kappa shape index (κ2) is 4.71. The number of hydrogen-bond donors (Lipinski definition) is 1. The van der Waals surface area contributed by atoms with Gasteiger partial charge >= 0.3 is 0 Å². The summed E-state index contributed by atoms with van der Waals surface area (Å²) in [5.41, 5.74) is 2.06. The summed E-state index contributed by atoms with van der Waals surface area (Å²) in [5.74, 6) is 0.985. The highest BCUT2D eigenvalue weighted by molar-refractivity contribution is 5.05. The van der Waals surface area contributed by atoms with Gasteiger partial charge in [0, 0.05) is 6.20 Å². The minimum Gasteiger partial charge on any atom is -0.312 e. The SMILES string of the molecule is CNC(CCC1CC1)c1cnc(C)cn1. The molecule has 0 spiro atoms. The number of nitrogens with zero attached hydrogens (tertiary/aromatic N) is 2. The van der Waals surface area contributed by atoms with Gasteiger partial charge in [0.05, 0.1) is 23.6 Å². The first-order valence-electron chi connectivity index (χ1n) is 5.75. The van der Waals surface area contributed by atoms with Gasteiger partial charge in [-0.15, -0.1) is 0 Å². The Morgan fingerprint density at radius 1 is 1.40 bits per heavy atom. The summed E-state index contributed by atoms with van der Waals surface area (Å²) >= 11 is 0. The van der Waals surface area contributed by atoms with Crippen LogP contribution in [0.15, 0.2) is 12.4 Å². The summed E-state index contributed by atoms with van der Waals surface area (Å²) in [5, 5.41) is 3.32. The zero-order valence-electron chi connectivity index (χ0n) is 9.53. The quantitative estimate of drug-likeness (QED) is 0.801. The van der Waals surface area contributed by atoms with Gasteiger partial charge in [-0.3, -0.25) is 9.97 Å². The van der Waals surface area contributed by atoms with Crippen molar-refractivity contribution in [1.82, 2.24) is 15.3 Å². The molecule has 1 aliphatic carbocycles. The number of aromatic nitrogens is 2. The molecule has 0 aliphatic heterocycles. The molecule has 1 saturated carbocycles. The van der Waals surface area contributed by atoms with Crippen LogP contribution in [0.25, 0.3) is 0 Å². The van der Waals surface area contributed by atoms with Crippen molar-refractivity contribution in [3.8, 4) is 0 Å². The third-order valence-corrected chi connectivity index (χ3v) is 3.07. The van der Waals surface area contributed by atoms with Crippen LogP contribution in [0.4, 0.5) is 0 Å². The van der Waals surface area contributed by atoms with Crippen molar-refractivity contribution in [3.05, 3.63) is 23.8 Å². The molecule has 2 rings (SSSR count). The lowest BCUT2D eigenvalue weighted by Gasteiger charge is -2.14. The summed E-state index contributed by atoms with van der Waals surface area (Å²) < 4.78 is 0. The summed E-state index contributed by atoms with van der Waals surface area (Å²) in [4.78, 5) is 8.71. The maximum Gasteiger partial charge on any atom is 0.0756 e. The standard InChI is InChI=1S/C12H19N3/c1-9-7-15-12(8-14-9)11(13-2)6-5-10-3-4-10/h7-8,10-11,13H,3-6H2,1-2H3. The van der Waals surface area contributed by atoms with Crippen LogP contribution >= 0.6 is 0 Å². The van der Waals surface area contributed by atoms with Gasteiger partial charge in [-0.2, -0.15) is 0 Å². The molecule has 0 saturated heterocycles. The van der Waals surface area contributed by atoms with E-state index in [-0.39, 0.29) is 0 Å². The summed E-state index contributed by atoms with van der Waals surface area (Å²) in [6.45, 7) is 1.97. The molecule has 1 heterocycles. The average Bonchev–Trinajstić information content (AvgIpc) is 3.05. The minimum atomic E-state index is 0.374. The van der Waals surface area contributed by atoms with E-state index in [0.29, 0.717) is 6.04 Å². The van der Waals surface area contributed by atoms with Crippen molar-refractivity contribution >= 4 is 0 Å². The maximum atomic E-state index is 4.42. The highest BCUT2D eigenvalue weighted by Crippen LogP contribution is 2.35. The number of hydrogen-bond acceptors (Lipinski definition) is 3. The Bertz CT molecular complexity index is 303. The smallest absolute Gasteiger partial charge is 0.0756 e. The van der Waals surface area contributed by atoms with E-state index in [1.54, 1.807) is 0 Å². The van der Waals surface area contributed by atoms with Crippen molar-refractivity contribution in [2.75, 3.05) is 7.05 Å². The van der Waals surface area contributed by atoms with Crippen LogP contribution in [-0.2, 0) is 0 Å². The molecule has 1 fully saturated rings. The first kappa shape index (κ1) is 10.6. The number of rotatable bonds is 5. The third kappa shape index (κ3) is 2.99. The lowest BCUT2D eigenvalue weighted by Crippen LogP contribution is -2.18. The van der Waals surface area contributed by atoms with Crippen LogP contribution in [0.3, 0.4) is 0 Å². The Morgan fingerprint density at radius 2 is 2.20 bits per heavy atom. The number of aryl methyl sites for hydroxylation is 1. The first-order valence-corrected chi connectivity index (χ1v) is 5.75. The van der Waals surface area contributed by atoms with E-state index in [9.17, 15) is 0 Å². The Kier molecular flexibility index (Phi) is 3.31. The van der Waals surface area contributed by atoms with Crippen LogP contribution in [0.2, 0.25) is 0 Å². The minimum absolute atomic E-state index is 0.374. The fourth-order valence-electron chi connectivity index (χ4n) is 1.83. The van der Waals surface area contributed by atoms with E-state index in [4.69, 9.17) is 0 Å². The maximum absolute atomic E-state index is 4.42. The molecular weight excluding hydrogens is 186 g/mol. The van der Waals surface area contributed by atoms with Crippen molar-refractivity contribution in [2.24, 2.45) is 5.92 Å². The van der Waals surface area contributed by atoms with Gasteiger partial charge in [0.1, 0.15) is 0 Å². The van der Waals surface area contributed by atoms with E-state index < -0.39 is 0 Å². The molecule has 1 unspecified atom stereocenters. The second-order valence-corrected chi connectivity index (χ2v) is 4.44. The summed E-state index contributed by atoms with van der Waals surface area (Å²) in [6, 6.07) is 0.374. The molecule has 82 valence electrons. The Hall–Kier alpha value is -0.960. The van der Waals surface area contributed by atoms with E-state index >= 15 is 0 Å². The van der Waals surface area contributed by atoms with E-state index in [1.165, 1.54) is 25.7 Å². The molecule has 15 heavy (non-hydrogen) atoms. The molecule has 0 radical (unpaired) electrons. The normalized spacial score (nSPS) is 17.7. The van der Waals surface area contributed by atoms with Crippen LogP contribution in [0, 0.1) is 12.8 Å². The van der Waals surface area contributed by atoms with Crippen LogP contribution in [-0.4, -0.2) is 17.0 Å². The predicted molar refractivity (Wildman–Crippen MR) is 60.5 cm³/mol. The summed E-state index contributed by atoms with van der Waals surface area (Å²) in [7, 11) is 2.00. The van der Waals surface area contributed by atoms with Crippen molar-refractivity contribution in [2.45, 2.75) is 38.6 Å². The third-order valence-electron chi connectivity index (χ3n) is 3.07. The molecule has 0 aromatic carbocycles. The zero-order valence-corrected chi connectivity index (χ0v) is 9.53. The Morgan fingerprint density at radius 3 is 2.73 bits per heavy atom. The molecule has 1 aromatic rings. The zero-order chi connectivity index (χ0) is 10.7. The van der Waals surface area contributed by atoms with Gasteiger partial charge in [0.15, 0.2) is 0 Å². The van der Waals surface area contributed by atoms with Gasteiger partial charge in [0.25, 0.3) is 0 Å². The highest BCUT2D eigenvalue weighted by Gasteiger charge is 2.22. The largest absolute Gasteiger partial charge is 0.312 e.